The average Bonchev–Trinajstić information content (AvgIpc) is 2.27. The Morgan fingerprint density at radius 1 is 1.37 bits per heavy atom. The molecule has 0 aliphatic carbocycles. The van der Waals surface area contributed by atoms with Gasteiger partial charge in [-0.1, -0.05) is 6.92 Å². The van der Waals surface area contributed by atoms with Crippen LogP contribution < -0.4 is 0 Å². The molecule has 1 unspecified atom stereocenters. The molecule has 0 saturated carbocycles. The molecule has 0 spiro atoms. The van der Waals surface area contributed by atoms with Crippen LogP contribution in [0.5, 0.6) is 0 Å². The lowest BCUT2D eigenvalue weighted by atomic mass is 9.97. The maximum absolute atomic E-state index is 13.7. The van der Waals surface area contributed by atoms with E-state index < -0.39 is 27.8 Å². The molecule has 0 amide bonds. The number of nitrogens with zero attached hydrogens (tertiary/aromatic N) is 1. The lowest BCUT2D eigenvalue weighted by Crippen LogP contribution is -2.32. The third-order valence-electron chi connectivity index (χ3n) is 2.96. The Kier molecular flexibility index (Phi) is 5.62. The Morgan fingerprint density at radius 3 is 2.47 bits per heavy atom. The van der Waals surface area contributed by atoms with E-state index in [1.807, 2.05) is 6.92 Å². The Bertz CT molecular complexity index is 345. The molecule has 0 aromatic rings. The van der Waals surface area contributed by atoms with Crippen LogP contribution in [-0.2, 0) is 15.7 Å². The van der Waals surface area contributed by atoms with E-state index in [1.165, 1.54) is 0 Å². The van der Waals surface area contributed by atoms with Gasteiger partial charge < -0.3 is 4.74 Å². The third kappa shape index (κ3) is 6.08. The molecule has 112 valence electrons. The maximum Gasteiger partial charge on any atom is 0.286 e. The molecule has 0 aromatic heterocycles. The molecule has 3 atom stereocenters. The Hall–Kier alpha value is -0.360. The van der Waals surface area contributed by atoms with E-state index in [-0.39, 0.29) is 6.42 Å². The number of halogens is 2. The molecule has 1 fully saturated rings. The quantitative estimate of drug-likeness (QED) is 0.746. The van der Waals surface area contributed by atoms with Crippen molar-refractivity contribution >= 4 is 17.2 Å². The summed E-state index contributed by atoms with van der Waals surface area (Å²) in [7, 11) is -1.65. The monoisotopic (exact) mass is 295 g/mol. The third-order valence-corrected chi connectivity index (χ3v) is 4.30. The van der Waals surface area contributed by atoms with Crippen molar-refractivity contribution < 1.29 is 17.7 Å². The first-order chi connectivity index (χ1) is 8.60. The molecule has 1 saturated heterocycles. The largest absolute Gasteiger partial charge is 0.378 e. The van der Waals surface area contributed by atoms with Crippen LogP contribution in [0, 0.1) is 5.92 Å². The second-order valence-electron chi connectivity index (χ2n) is 6.20. The lowest BCUT2D eigenvalue weighted by Gasteiger charge is -2.28. The minimum atomic E-state index is -3.06. The van der Waals surface area contributed by atoms with Crippen LogP contribution >= 0.6 is 0 Å². The van der Waals surface area contributed by atoms with Crippen molar-refractivity contribution in [3.8, 4) is 0 Å². The highest BCUT2D eigenvalue weighted by atomic mass is 32.2. The van der Waals surface area contributed by atoms with Gasteiger partial charge in [0.1, 0.15) is 11.0 Å². The summed E-state index contributed by atoms with van der Waals surface area (Å²) in [4.78, 5) is 0. The van der Waals surface area contributed by atoms with Crippen molar-refractivity contribution in [1.82, 2.24) is 0 Å². The van der Waals surface area contributed by atoms with Gasteiger partial charge in [-0.15, -0.1) is 0 Å². The number of ether oxygens (including phenoxy) is 1. The van der Waals surface area contributed by atoms with Crippen molar-refractivity contribution in [2.45, 2.75) is 63.7 Å². The highest BCUT2D eigenvalue weighted by Crippen LogP contribution is 2.27. The first kappa shape index (κ1) is 16.7. The van der Waals surface area contributed by atoms with Gasteiger partial charge in [-0.2, -0.15) is 4.40 Å². The van der Waals surface area contributed by atoms with Crippen molar-refractivity contribution in [2.75, 3.05) is 6.61 Å². The highest BCUT2D eigenvalue weighted by molar-refractivity contribution is 7.85. The fraction of sp³-hybridized carbons (Fsp3) is 0.923. The van der Waals surface area contributed by atoms with Crippen LogP contribution in [0.1, 0.15) is 47.0 Å². The molecule has 1 aliphatic rings. The molecular formula is C13H23F2NO2S. The van der Waals surface area contributed by atoms with Crippen LogP contribution in [0.25, 0.3) is 0 Å². The van der Waals surface area contributed by atoms with E-state index in [0.717, 1.165) is 6.42 Å². The van der Waals surface area contributed by atoms with Gasteiger partial charge in [0.15, 0.2) is 0 Å². The summed E-state index contributed by atoms with van der Waals surface area (Å²) in [6.45, 7) is 7.67. The van der Waals surface area contributed by atoms with Gasteiger partial charge in [0.25, 0.3) is 5.92 Å². The minimum absolute atomic E-state index is 0.384. The van der Waals surface area contributed by atoms with Crippen LogP contribution in [0.2, 0.25) is 0 Å². The van der Waals surface area contributed by atoms with E-state index in [0.29, 0.717) is 25.2 Å². The summed E-state index contributed by atoms with van der Waals surface area (Å²) < 4.78 is 47.2. The summed E-state index contributed by atoms with van der Waals surface area (Å²) in [6.07, 6.45) is 1.26. The number of rotatable bonds is 4. The second kappa shape index (κ2) is 6.39. The number of hydrogen-bond acceptors (Lipinski definition) is 2. The fourth-order valence-corrected chi connectivity index (χ4v) is 2.30. The number of hydrogen-bond donors (Lipinski definition) is 0. The van der Waals surface area contributed by atoms with Crippen LogP contribution in [0.4, 0.5) is 8.78 Å². The van der Waals surface area contributed by atoms with E-state index in [9.17, 15) is 13.0 Å². The molecule has 3 nitrogen and oxygen atoms in total. The maximum atomic E-state index is 13.7. The van der Waals surface area contributed by atoms with Crippen molar-refractivity contribution in [2.24, 2.45) is 10.3 Å². The molecule has 1 heterocycles. The number of alkyl halides is 2. The SMILES string of the molecule is C[C@H]1CC[C@H](CC(F)(F)C=NS(=O)C(C)(C)C)OC1. The molecule has 6 heteroatoms. The van der Waals surface area contributed by atoms with E-state index in [2.05, 4.69) is 4.40 Å². The zero-order chi connectivity index (χ0) is 14.7. The molecular weight excluding hydrogens is 272 g/mol. The zero-order valence-electron chi connectivity index (χ0n) is 12.0. The average molecular weight is 295 g/mol. The first-order valence-electron chi connectivity index (χ1n) is 6.57. The van der Waals surface area contributed by atoms with Gasteiger partial charge in [-0.3, -0.25) is 0 Å². The summed E-state index contributed by atoms with van der Waals surface area (Å²) >= 11 is 0. The zero-order valence-corrected chi connectivity index (χ0v) is 12.8. The van der Waals surface area contributed by atoms with Crippen LogP contribution in [0.15, 0.2) is 4.40 Å². The van der Waals surface area contributed by atoms with Crippen molar-refractivity contribution in [1.29, 1.82) is 0 Å². The smallest absolute Gasteiger partial charge is 0.286 e. The normalized spacial score (nSPS) is 27.7. The topological polar surface area (TPSA) is 38.7 Å². The van der Waals surface area contributed by atoms with E-state index in [4.69, 9.17) is 4.74 Å². The Morgan fingerprint density at radius 2 is 2.00 bits per heavy atom. The van der Waals surface area contributed by atoms with Gasteiger partial charge in [0.2, 0.25) is 0 Å². The molecule has 1 rings (SSSR count). The van der Waals surface area contributed by atoms with E-state index in [1.54, 1.807) is 20.8 Å². The van der Waals surface area contributed by atoms with Gasteiger partial charge >= 0.3 is 0 Å². The van der Waals surface area contributed by atoms with Gasteiger partial charge in [0, 0.05) is 13.0 Å². The lowest BCUT2D eigenvalue weighted by molar-refractivity contribution is -0.0577. The van der Waals surface area contributed by atoms with Gasteiger partial charge in [-0.05, 0) is 39.5 Å². The molecule has 19 heavy (non-hydrogen) atoms. The summed E-state index contributed by atoms with van der Waals surface area (Å²) in [5.74, 6) is -2.63. The van der Waals surface area contributed by atoms with Crippen molar-refractivity contribution in [3.05, 3.63) is 0 Å². The van der Waals surface area contributed by atoms with E-state index >= 15 is 0 Å². The standard InChI is InChI=1S/C13H23F2NO2S/c1-10-5-6-11(18-8-10)7-13(14,15)9-16-19(17)12(2,3)4/h9-11H,5-8H2,1-4H3/t10-,11+,19?/m0/s1. The predicted molar refractivity (Wildman–Crippen MR) is 74.1 cm³/mol. The summed E-state index contributed by atoms with van der Waals surface area (Å²) in [5.41, 5.74) is 0. The summed E-state index contributed by atoms with van der Waals surface area (Å²) in [6, 6.07) is 0. The Balaban J connectivity index is 2.52. The van der Waals surface area contributed by atoms with Gasteiger partial charge in [-0.25, -0.2) is 13.0 Å². The fourth-order valence-electron chi connectivity index (χ4n) is 1.74. The first-order valence-corrected chi connectivity index (χ1v) is 7.67. The van der Waals surface area contributed by atoms with Crippen molar-refractivity contribution in [3.63, 3.8) is 0 Å². The highest BCUT2D eigenvalue weighted by Gasteiger charge is 2.34. The molecule has 0 bridgehead atoms. The summed E-state index contributed by atoms with van der Waals surface area (Å²) in [5, 5.41) is 0. The second-order valence-corrected chi connectivity index (χ2v) is 8.13. The van der Waals surface area contributed by atoms with Crippen LogP contribution in [0.3, 0.4) is 0 Å². The molecule has 0 aromatic carbocycles. The molecule has 0 N–H and O–H groups in total. The molecule has 0 radical (unpaired) electrons. The van der Waals surface area contributed by atoms with Crippen LogP contribution in [-0.4, -0.2) is 33.8 Å². The minimum Gasteiger partial charge on any atom is -0.378 e. The predicted octanol–water partition coefficient (Wildman–Crippen LogP) is 3.36. The van der Waals surface area contributed by atoms with Gasteiger partial charge in [0.05, 0.1) is 17.1 Å². The molecule has 1 aliphatic heterocycles. The Labute approximate surface area is 116 Å².